The molecule has 0 saturated carbocycles. The van der Waals surface area contributed by atoms with Gasteiger partial charge in [-0.3, -0.25) is 0 Å². The van der Waals surface area contributed by atoms with E-state index in [4.69, 9.17) is 4.98 Å². The highest BCUT2D eigenvalue weighted by atomic mass is 79.9. The van der Waals surface area contributed by atoms with Crippen molar-refractivity contribution in [3.05, 3.63) is 69.7 Å². The molecule has 0 aliphatic carbocycles. The van der Waals surface area contributed by atoms with Gasteiger partial charge in [0.1, 0.15) is 5.82 Å². The molecule has 4 heteroatoms. The summed E-state index contributed by atoms with van der Waals surface area (Å²) < 4.78 is 1.10. The van der Waals surface area contributed by atoms with Crippen LogP contribution in [0.4, 0.5) is 5.82 Å². The Morgan fingerprint density at radius 3 is 2.73 bits per heavy atom. The van der Waals surface area contributed by atoms with Crippen molar-refractivity contribution in [3.63, 3.8) is 0 Å². The maximum Gasteiger partial charge on any atom is 0.135 e. The van der Waals surface area contributed by atoms with Crippen LogP contribution in [0.15, 0.2) is 53.0 Å². The Hall–Kier alpha value is -1.91. The average molecular weight is 355 g/mol. The first-order chi connectivity index (χ1) is 10.7. The molecule has 1 N–H and O–H groups in total. The van der Waals surface area contributed by atoms with E-state index in [1.54, 1.807) is 0 Å². The lowest BCUT2D eigenvalue weighted by atomic mass is 10.1. The van der Waals surface area contributed by atoms with Gasteiger partial charge in [0.15, 0.2) is 0 Å². The van der Waals surface area contributed by atoms with Gasteiger partial charge in [-0.05, 0) is 35.4 Å². The smallest absolute Gasteiger partial charge is 0.135 e. The molecule has 0 bridgehead atoms. The van der Waals surface area contributed by atoms with Crippen LogP contribution in [0, 0.1) is 0 Å². The van der Waals surface area contributed by atoms with E-state index in [2.05, 4.69) is 39.0 Å². The summed E-state index contributed by atoms with van der Waals surface area (Å²) in [5, 5.41) is 10.8. The number of nitrogens with zero attached hydrogens (tertiary/aromatic N) is 2. The fourth-order valence-electron chi connectivity index (χ4n) is 3.05. The van der Waals surface area contributed by atoms with Crippen molar-refractivity contribution >= 4 is 32.7 Å². The van der Waals surface area contributed by atoms with Gasteiger partial charge in [-0.15, -0.1) is 0 Å². The minimum absolute atomic E-state index is 0.00368. The van der Waals surface area contributed by atoms with E-state index in [1.807, 2.05) is 30.3 Å². The van der Waals surface area contributed by atoms with Crippen LogP contribution in [-0.4, -0.2) is 10.1 Å². The van der Waals surface area contributed by atoms with Crippen LogP contribution in [0.1, 0.15) is 16.7 Å². The number of rotatable bonds is 2. The van der Waals surface area contributed by atoms with Crippen LogP contribution < -0.4 is 4.90 Å². The van der Waals surface area contributed by atoms with Crippen molar-refractivity contribution in [3.8, 4) is 0 Å². The second-order valence-corrected chi connectivity index (χ2v) is 6.51. The Labute approximate surface area is 137 Å². The number of anilines is 1. The van der Waals surface area contributed by atoms with Crippen LogP contribution in [-0.2, 0) is 19.7 Å². The molecule has 0 spiro atoms. The van der Waals surface area contributed by atoms with Crippen LogP contribution in [0.2, 0.25) is 0 Å². The van der Waals surface area contributed by atoms with E-state index >= 15 is 0 Å². The second-order valence-electron chi connectivity index (χ2n) is 5.59. The number of hydrogen-bond donors (Lipinski definition) is 1. The molecule has 1 aromatic heterocycles. The topological polar surface area (TPSA) is 36.4 Å². The molecule has 1 aliphatic rings. The first-order valence-electron chi connectivity index (χ1n) is 7.26. The highest BCUT2D eigenvalue weighted by Gasteiger charge is 2.22. The quantitative estimate of drug-likeness (QED) is 0.755. The zero-order valence-corrected chi connectivity index (χ0v) is 13.5. The molecule has 0 amide bonds. The molecule has 2 heterocycles. The fourth-order valence-corrected chi connectivity index (χ4v) is 3.46. The third-order valence-corrected chi connectivity index (χ3v) is 4.63. The van der Waals surface area contributed by atoms with Crippen molar-refractivity contribution in [2.75, 3.05) is 4.90 Å². The summed E-state index contributed by atoms with van der Waals surface area (Å²) in [6.45, 7) is 1.66. The SMILES string of the molecule is OCc1cc2ccccc2nc1N1Cc2ccc(Br)cc2C1. The van der Waals surface area contributed by atoms with Gasteiger partial charge < -0.3 is 10.0 Å². The van der Waals surface area contributed by atoms with Gasteiger partial charge in [-0.25, -0.2) is 4.98 Å². The molecule has 22 heavy (non-hydrogen) atoms. The molecule has 2 aromatic carbocycles. The molecule has 4 rings (SSSR count). The highest BCUT2D eigenvalue weighted by molar-refractivity contribution is 9.10. The van der Waals surface area contributed by atoms with Gasteiger partial charge in [0, 0.05) is 28.5 Å². The van der Waals surface area contributed by atoms with Crippen LogP contribution >= 0.6 is 15.9 Å². The van der Waals surface area contributed by atoms with Gasteiger partial charge in [-0.1, -0.05) is 40.2 Å². The number of para-hydroxylation sites is 1. The van der Waals surface area contributed by atoms with E-state index in [0.29, 0.717) is 0 Å². The van der Waals surface area contributed by atoms with Crippen LogP contribution in [0.5, 0.6) is 0 Å². The summed E-state index contributed by atoms with van der Waals surface area (Å²) in [7, 11) is 0. The number of aromatic nitrogens is 1. The summed E-state index contributed by atoms with van der Waals surface area (Å²) in [5.74, 6) is 0.883. The normalized spacial score (nSPS) is 13.6. The first-order valence-corrected chi connectivity index (χ1v) is 8.05. The number of hydrogen-bond acceptors (Lipinski definition) is 3. The van der Waals surface area contributed by atoms with Gasteiger partial charge in [0.05, 0.1) is 12.1 Å². The summed E-state index contributed by atoms with van der Waals surface area (Å²) in [4.78, 5) is 7.02. The largest absolute Gasteiger partial charge is 0.392 e. The zero-order valence-electron chi connectivity index (χ0n) is 12.0. The molecule has 0 atom stereocenters. The third-order valence-electron chi connectivity index (χ3n) is 4.14. The Balaban J connectivity index is 1.78. The fraction of sp³-hybridized carbons (Fsp3) is 0.167. The van der Waals surface area contributed by atoms with E-state index < -0.39 is 0 Å². The lowest BCUT2D eigenvalue weighted by Crippen LogP contribution is -2.18. The first kappa shape index (κ1) is 13.7. The van der Waals surface area contributed by atoms with E-state index in [1.165, 1.54) is 11.1 Å². The second kappa shape index (κ2) is 5.38. The third kappa shape index (κ3) is 2.28. The lowest BCUT2D eigenvalue weighted by Gasteiger charge is -2.20. The molecular formula is C18H15BrN2O. The Kier molecular flexibility index (Phi) is 3.36. The molecule has 1 aliphatic heterocycles. The van der Waals surface area contributed by atoms with Crippen molar-refractivity contribution in [2.45, 2.75) is 19.7 Å². The van der Waals surface area contributed by atoms with E-state index in [0.717, 1.165) is 39.8 Å². The number of fused-ring (bicyclic) bond motifs is 2. The maximum absolute atomic E-state index is 9.73. The molecule has 0 fully saturated rings. The number of pyridine rings is 1. The summed E-state index contributed by atoms with van der Waals surface area (Å²) in [6, 6.07) is 16.5. The van der Waals surface area contributed by atoms with Gasteiger partial charge in [0.2, 0.25) is 0 Å². The number of aliphatic hydroxyl groups is 1. The van der Waals surface area contributed by atoms with Gasteiger partial charge in [0.25, 0.3) is 0 Å². The van der Waals surface area contributed by atoms with Crippen molar-refractivity contribution < 1.29 is 5.11 Å². The molecular weight excluding hydrogens is 340 g/mol. The van der Waals surface area contributed by atoms with E-state index in [9.17, 15) is 5.11 Å². The molecule has 3 nitrogen and oxygen atoms in total. The molecule has 0 radical (unpaired) electrons. The lowest BCUT2D eigenvalue weighted by molar-refractivity contribution is 0.282. The van der Waals surface area contributed by atoms with Gasteiger partial charge >= 0.3 is 0 Å². The maximum atomic E-state index is 9.73. The minimum atomic E-state index is 0.00368. The Morgan fingerprint density at radius 2 is 1.86 bits per heavy atom. The Bertz CT molecular complexity index is 863. The predicted octanol–water partition coefficient (Wildman–Crippen LogP) is 4.01. The molecule has 3 aromatic rings. The standard InChI is InChI=1S/C18H15BrN2O/c19-16-6-5-13-9-21(10-14(13)8-16)18-15(11-22)7-12-3-1-2-4-17(12)20-18/h1-8,22H,9-11H2. The highest BCUT2D eigenvalue weighted by Crippen LogP contribution is 2.32. The van der Waals surface area contributed by atoms with Crippen molar-refractivity contribution in [1.29, 1.82) is 0 Å². The van der Waals surface area contributed by atoms with E-state index in [-0.39, 0.29) is 6.61 Å². The number of halogens is 1. The van der Waals surface area contributed by atoms with Crippen molar-refractivity contribution in [2.24, 2.45) is 0 Å². The number of benzene rings is 2. The summed E-state index contributed by atoms with van der Waals surface area (Å²) in [6.07, 6.45) is 0. The average Bonchev–Trinajstić information content (AvgIpc) is 2.96. The molecule has 0 unspecified atom stereocenters. The summed E-state index contributed by atoms with van der Waals surface area (Å²) >= 11 is 3.53. The summed E-state index contributed by atoms with van der Waals surface area (Å²) in [5.41, 5.74) is 4.48. The molecule has 0 saturated heterocycles. The zero-order chi connectivity index (χ0) is 15.1. The predicted molar refractivity (Wildman–Crippen MR) is 91.7 cm³/mol. The Morgan fingerprint density at radius 1 is 1.05 bits per heavy atom. The number of aliphatic hydroxyl groups excluding tert-OH is 1. The molecule has 110 valence electrons. The minimum Gasteiger partial charge on any atom is -0.392 e. The van der Waals surface area contributed by atoms with Crippen LogP contribution in [0.3, 0.4) is 0 Å². The van der Waals surface area contributed by atoms with Gasteiger partial charge in [-0.2, -0.15) is 0 Å². The van der Waals surface area contributed by atoms with Crippen molar-refractivity contribution in [1.82, 2.24) is 4.98 Å². The van der Waals surface area contributed by atoms with Crippen LogP contribution in [0.25, 0.3) is 10.9 Å². The monoisotopic (exact) mass is 354 g/mol.